The standard InChI is InChI=1S/C13H17NO4/c1-9(17-2)10(8-12(15)18-3)13(16)11-6-4-5-7-14-11/h4-7,9-10H,8H2,1-3H3. The zero-order chi connectivity index (χ0) is 13.5. The maximum Gasteiger partial charge on any atom is 0.306 e. The highest BCUT2D eigenvalue weighted by molar-refractivity contribution is 5.98. The van der Waals surface area contributed by atoms with E-state index in [4.69, 9.17) is 4.74 Å². The molecule has 2 unspecified atom stereocenters. The van der Waals surface area contributed by atoms with E-state index in [1.807, 2.05) is 0 Å². The van der Waals surface area contributed by atoms with Crippen molar-refractivity contribution in [1.82, 2.24) is 4.98 Å². The van der Waals surface area contributed by atoms with E-state index in [-0.39, 0.29) is 18.3 Å². The molecule has 1 aromatic heterocycles. The molecule has 0 aliphatic carbocycles. The first-order chi connectivity index (χ1) is 8.60. The van der Waals surface area contributed by atoms with Gasteiger partial charge in [0.2, 0.25) is 0 Å². The van der Waals surface area contributed by atoms with Crippen LogP contribution in [0, 0.1) is 5.92 Å². The maximum atomic E-state index is 12.2. The van der Waals surface area contributed by atoms with E-state index >= 15 is 0 Å². The predicted molar refractivity (Wildman–Crippen MR) is 65.2 cm³/mol. The number of carbonyl (C=O) groups is 2. The van der Waals surface area contributed by atoms with E-state index in [0.29, 0.717) is 5.69 Å². The van der Waals surface area contributed by atoms with E-state index in [9.17, 15) is 9.59 Å². The quantitative estimate of drug-likeness (QED) is 0.566. The van der Waals surface area contributed by atoms with Gasteiger partial charge < -0.3 is 9.47 Å². The lowest BCUT2D eigenvalue weighted by molar-refractivity contribution is -0.142. The number of pyridine rings is 1. The van der Waals surface area contributed by atoms with E-state index in [2.05, 4.69) is 9.72 Å². The highest BCUT2D eigenvalue weighted by atomic mass is 16.5. The maximum absolute atomic E-state index is 12.2. The van der Waals surface area contributed by atoms with Gasteiger partial charge in [0.25, 0.3) is 0 Å². The van der Waals surface area contributed by atoms with E-state index in [1.54, 1.807) is 31.3 Å². The lowest BCUT2D eigenvalue weighted by Crippen LogP contribution is -2.30. The number of hydrogen-bond donors (Lipinski definition) is 0. The molecule has 5 nitrogen and oxygen atoms in total. The summed E-state index contributed by atoms with van der Waals surface area (Å²) in [4.78, 5) is 27.6. The summed E-state index contributed by atoms with van der Waals surface area (Å²) in [5.74, 6) is -1.24. The van der Waals surface area contributed by atoms with E-state index in [0.717, 1.165) is 0 Å². The fourth-order valence-electron chi connectivity index (χ4n) is 1.60. The Morgan fingerprint density at radius 2 is 2.06 bits per heavy atom. The minimum absolute atomic E-state index is 0.0130. The van der Waals surface area contributed by atoms with Crippen LogP contribution in [-0.2, 0) is 14.3 Å². The monoisotopic (exact) mass is 251 g/mol. The van der Waals surface area contributed by atoms with Gasteiger partial charge in [0, 0.05) is 13.3 Å². The van der Waals surface area contributed by atoms with Crippen molar-refractivity contribution in [1.29, 1.82) is 0 Å². The Labute approximate surface area is 106 Å². The van der Waals surface area contributed by atoms with Crippen LogP contribution in [0.1, 0.15) is 23.8 Å². The van der Waals surface area contributed by atoms with Gasteiger partial charge in [-0.2, -0.15) is 0 Å². The lowest BCUT2D eigenvalue weighted by atomic mass is 9.92. The van der Waals surface area contributed by atoms with Crippen molar-refractivity contribution in [2.24, 2.45) is 5.92 Å². The molecule has 0 bridgehead atoms. The largest absolute Gasteiger partial charge is 0.469 e. The Balaban J connectivity index is 2.89. The van der Waals surface area contributed by atoms with Crippen LogP contribution in [0.3, 0.4) is 0 Å². The molecule has 1 aromatic rings. The van der Waals surface area contributed by atoms with E-state index < -0.39 is 11.9 Å². The van der Waals surface area contributed by atoms with Crippen LogP contribution < -0.4 is 0 Å². The van der Waals surface area contributed by atoms with Crippen LogP contribution in [0.4, 0.5) is 0 Å². The average molecular weight is 251 g/mol. The predicted octanol–water partition coefficient (Wildman–Crippen LogP) is 1.48. The molecule has 1 heterocycles. The zero-order valence-electron chi connectivity index (χ0n) is 10.8. The molecule has 0 fully saturated rings. The number of nitrogens with zero attached hydrogens (tertiary/aromatic N) is 1. The molecule has 0 saturated heterocycles. The summed E-state index contributed by atoms with van der Waals surface area (Å²) in [6.45, 7) is 1.74. The van der Waals surface area contributed by atoms with Gasteiger partial charge in [-0.1, -0.05) is 6.07 Å². The highest BCUT2D eigenvalue weighted by Gasteiger charge is 2.29. The molecule has 0 aromatic carbocycles. The normalized spacial score (nSPS) is 13.7. The van der Waals surface area contributed by atoms with Gasteiger partial charge in [0.1, 0.15) is 5.69 Å². The minimum Gasteiger partial charge on any atom is -0.469 e. The SMILES string of the molecule is COC(=O)CC(C(=O)c1ccccn1)C(C)OC. The third kappa shape index (κ3) is 3.63. The van der Waals surface area contributed by atoms with Gasteiger partial charge in [-0.3, -0.25) is 14.6 Å². The first-order valence-corrected chi connectivity index (χ1v) is 5.65. The fourth-order valence-corrected chi connectivity index (χ4v) is 1.60. The second-order valence-corrected chi connectivity index (χ2v) is 3.91. The van der Waals surface area contributed by atoms with Crippen molar-refractivity contribution >= 4 is 11.8 Å². The third-order valence-electron chi connectivity index (χ3n) is 2.81. The number of aromatic nitrogens is 1. The fraction of sp³-hybridized carbons (Fsp3) is 0.462. The topological polar surface area (TPSA) is 65.5 Å². The van der Waals surface area contributed by atoms with Crippen LogP contribution in [0.25, 0.3) is 0 Å². The smallest absolute Gasteiger partial charge is 0.306 e. The van der Waals surface area contributed by atoms with Crippen LogP contribution in [0.2, 0.25) is 0 Å². The number of ketones is 1. The molecule has 18 heavy (non-hydrogen) atoms. The Bertz CT molecular complexity index is 405. The number of methoxy groups -OCH3 is 2. The van der Waals surface area contributed by atoms with Crippen molar-refractivity contribution in [3.8, 4) is 0 Å². The van der Waals surface area contributed by atoms with Crippen molar-refractivity contribution in [2.45, 2.75) is 19.4 Å². The van der Waals surface area contributed by atoms with Gasteiger partial charge in [0.15, 0.2) is 5.78 Å². The molecule has 0 spiro atoms. The minimum atomic E-state index is -0.586. The van der Waals surface area contributed by atoms with Gasteiger partial charge in [-0.15, -0.1) is 0 Å². The van der Waals surface area contributed by atoms with Gasteiger partial charge >= 0.3 is 5.97 Å². The summed E-state index contributed by atoms with van der Waals surface area (Å²) in [5.41, 5.74) is 0.329. The number of carbonyl (C=O) groups excluding carboxylic acids is 2. The Morgan fingerprint density at radius 1 is 1.33 bits per heavy atom. The molecule has 98 valence electrons. The van der Waals surface area contributed by atoms with Gasteiger partial charge in [-0.05, 0) is 19.1 Å². The lowest BCUT2D eigenvalue weighted by Gasteiger charge is -2.20. The molecule has 0 amide bonds. The number of ether oxygens (including phenoxy) is 2. The Hall–Kier alpha value is -1.75. The summed E-state index contributed by atoms with van der Waals surface area (Å²) in [6, 6.07) is 5.08. The zero-order valence-corrected chi connectivity index (χ0v) is 10.8. The second-order valence-electron chi connectivity index (χ2n) is 3.91. The first kappa shape index (κ1) is 14.3. The number of Topliss-reactive ketones (excluding diaryl/α,β-unsaturated/α-hetero) is 1. The molecule has 0 aliphatic heterocycles. The number of esters is 1. The number of rotatable bonds is 6. The summed E-state index contributed by atoms with van der Waals surface area (Å²) >= 11 is 0. The molecule has 2 atom stereocenters. The van der Waals surface area contributed by atoms with Crippen LogP contribution in [0.15, 0.2) is 24.4 Å². The number of hydrogen-bond acceptors (Lipinski definition) is 5. The highest BCUT2D eigenvalue weighted by Crippen LogP contribution is 2.18. The molecular weight excluding hydrogens is 234 g/mol. The van der Waals surface area contributed by atoms with Gasteiger partial charge in [-0.25, -0.2) is 0 Å². The van der Waals surface area contributed by atoms with Gasteiger partial charge in [0.05, 0.1) is 25.6 Å². The summed E-state index contributed by atoms with van der Waals surface area (Å²) in [6.07, 6.45) is 1.15. The molecule has 0 saturated carbocycles. The third-order valence-corrected chi connectivity index (χ3v) is 2.81. The summed E-state index contributed by atoms with van der Waals surface area (Å²) in [7, 11) is 2.79. The molecule has 5 heteroatoms. The molecule has 1 rings (SSSR count). The molecule has 0 N–H and O–H groups in total. The Morgan fingerprint density at radius 3 is 2.56 bits per heavy atom. The average Bonchev–Trinajstić information content (AvgIpc) is 2.43. The van der Waals surface area contributed by atoms with Crippen LogP contribution >= 0.6 is 0 Å². The van der Waals surface area contributed by atoms with Crippen molar-refractivity contribution in [2.75, 3.05) is 14.2 Å². The molecular formula is C13H17NO4. The van der Waals surface area contributed by atoms with Crippen LogP contribution in [-0.4, -0.2) is 37.1 Å². The second kappa shape index (κ2) is 6.86. The first-order valence-electron chi connectivity index (χ1n) is 5.65. The summed E-state index contributed by atoms with van der Waals surface area (Å²) in [5, 5.41) is 0. The van der Waals surface area contributed by atoms with E-state index in [1.165, 1.54) is 14.2 Å². The Kier molecular flexibility index (Phi) is 5.45. The molecule has 0 aliphatic rings. The summed E-state index contributed by atoms with van der Waals surface area (Å²) < 4.78 is 9.74. The van der Waals surface area contributed by atoms with Crippen LogP contribution in [0.5, 0.6) is 0 Å². The van der Waals surface area contributed by atoms with Crippen molar-refractivity contribution in [3.63, 3.8) is 0 Å². The van der Waals surface area contributed by atoms with Crippen molar-refractivity contribution < 1.29 is 19.1 Å². The molecule has 0 radical (unpaired) electrons. The van der Waals surface area contributed by atoms with Crippen molar-refractivity contribution in [3.05, 3.63) is 30.1 Å².